The Morgan fingerprint density at radius 3 is 2.27 bits per heavy atom. The van der Waals surface area contributed by atoms with Gasteiger partial charge in [-0.05, 0) is 24.3 Å². The number of hydrogen-bond acceptors (Lipinski definition) is 4. The van der Waals surface area contributed by atoms with Crippen molar-refractivity contribution in [1.82, 2.24) is 0 Å². The Labute approximate surface area is 88.0 Å². The molecule has 4 nitrogen and oxygen atoms in total. The largest absolute Gasteiger partial charge is 0.379 e. The molecule has 78 valence electrons. The number of hydrogen-bond donors (Lipinski definition) is 0. The van der Waals surface area contributed by atoms with Crippen LogP contribution in [0.25, 0.3) is 0 Å². The van der Waals surface area contributed by atoms with Crippen molar-refractivity contribution in [2.45, 2.75) is 10.1 Å². The van der Waals surface area contributed by atoms with Gasteiger partial charge in [-0.25, -0.2) is 8.42 Å². The van der Waals surface area contributed by atoms with Gasteiger partial charge < -0.3 is 4.74 Å². The Hall–Kier alpha value is -1.38. The molecule has 1 aliphatic rings. The first-order valence-corrected chi connectivity index (χ1v) is 6.01. The second-order valence-electron chi connectivity index (χ2n) is 3.34. The van der Waals surface area contributed by atoms with Crippen LogP contribution >= 0.6 is 0 Å². The molecule has 0 atom stereocenters. The maximum Gasteiger partial charge on any atom is 0.185 e. The average molecular weight is 223 g/mol. The van der Waals surface area contributed by atoms with Crippen LogP contribution in [0.2, 0.25) is 0 Å². The molecular weight excluding hydrogens is 214 g/mol. The van der Waals surface area contributed by atoms with Crippen molar-refractivity contribution in [2.75, 3.05) is 13.2 Å². The minimum Gasteiger partial charge on any atom is -0.379 e. The Morgan fingerprint density at radius 1 is 1.27 bits per heavy atom. The second kappa shape index (κ2) is 3.65. The van der Waals surface area contributed by atoms with E-state index in [1.54, 1.807) is 0 Å². The van der Waals surface area contributed by atoms with E-state index in [9.17, 15) is 8.42 Å². The monoisotopic (exact) mass is 223 g/mol. The summed E-state index contributed by atoms with van der Waals surface area (Å²) in [4.78, 5) is 0.259. The highest BCUT2D eigenvalue weighted by atomic mass is 32.2. The summed E-state index contributed by atoms with van der Waals surface area (Å²) < 4.78 is 28.6. The maximum absolute atomic E-state index is 11.9. The molecule has 0 unspecified atom stereocenters. The zero-order valence-electron chi connectivity index (χ0n) is 7.88. The normalized spacial score (nSPS) is 16.7. The number of nitrogens with zero attached hydrogens (tertiary/aromatic N) is 1. The lowest BCUT2D eigenvalue weighted by Gasteiger charge is -2.25. The van der Waals surface area contributed by atoms with Gasteiger partial charge in [0.25, 0.3) is 0 Å². The molecule has 2 rings (SSSR count). The molecule has 0 spiro atoms. The molecule has 15 heavy (non-hydrogen) atoms. The van der Waals surface area contributed by atoms with Crippen LogP contribution in [0, 0.1) is 11.3 Å². The van der Waals surface area contributed by atoms with E-state index < -0.39 is 15.1 Å². The summed E-state index contributed by atoms with van der Waals surface area (Å²) in [6.07, 6.45) is 0. The minimum absolute atomic E-state index is 0.259. The lowest BCUT2D eigenvalue weighted by atomic mass is 10.2. The molecule has 1 aliphatic heterocycles. The lowest BCUT2D eigenvalue weighted by molar-refractivity contribution is 0.0416. The number of rotatable bonds is 2. The van der Waals surface area contributed by atoms with Crippen LogP contribution in [-0.4, -0.2) is 26.9 Å². The van der Waals surface area contributed by atoms with Gasteiger partial charge in [0.05, 0.1) is 29.7 Å². The van der Waals surface area contributed by atoms with Gasteiger partial charge in [-0.3, -0.25) is 0 Å². The Bertz CT molecular complexity index is 494. The molecule has 0 amide bonds. The van der Waals surface area contributed by atoms with Gasteiger partial charge in [-0.2, -0.15) is 5.26 Å². The molecule has 0 aromatic heterocycles. The third-order valence-electron chi connectivity index (χ3n) is 2.36. The second-order valence-corrected chi connectivity index (χ2v) is 5.57. The number of ether oxygens (including phenoxy) is 1. The summed E-state index contributed by atoms with van der Waals surface area (Å²) in [6.45, 7) is 0.532. The van der Waals surface area contributed by atoms with Crippen molar-refractivity contribution in [3.8, 4) is 6.07 Å². The molecule has 0 N–H and O–H groups in total. The van der Waals surface area contributed by atoms with Crippen molar-refractivity contribution in [3.05, 3.63) is 29.8 Å². The van der Waals surface area contributed by atoms with Gasteiger partial charge in [0.1, 0.15) is 5.25 Å². The fraction of sp³-hybridized carbons (Fsp3) is 0.300. The van der Waals surface area contributed by atoms with Gasteiger partial charge in [-0.1, -0.05) is 0 Å². The third kappa shape index (κ3) is 1.74. The van der Waals surface area contributed by atoms with E-state index in [0.29, 0.717) is 5.56 Å². The van der Waals surface area contributed by atoms with Crippen LogP contribution in [0.5, 0.6) is 0 Å². The summed E-state index contributed by atoms with van der Waals surface area (Å²) in [5, 5.41) is 8.15. The van der Waals surface area contributed by atoms with Crippen molar-refractivity contribution in [1.29, 1.82) is 5.26 Å². The van der Waals surface area contributed by atoms with Gasteiger partial charge >= 0.3 is 0 Å². The fourth-order valence-electron chi connectivity index (χ4n) is 1.30. The van der Waals surface area contributed by atoms with Crippen LogP contribution in [-0.2, 0) is 14.6 Å². The van der Waals surface area contributed by atoms with Gasteiger partial charge in [0, 0.05) is 0 Å². The predicted octanol–water partition coefficient (Wildman–Crippen LogP) is 0.731. The van der Waals surface area contributed by atoms with Crippen molar-refractivity contribution >= 4 is 9.84 Å². The molecule has 1 fully saturated rings. The number of sulfone groups is 1. The van der Waals surface area contributed by atoms with Crippen LogP contribution in [0.15, 0.2) is 29.2 Å². The van der Waals surface area contributed by atoms with Crippen LogP contribution in [0.4, 0.5) is 0 Å². The first-order valence-electron chi connectivity index (χ1n) is 4.46. The highest BCUT2D eigenvalue weighted by Gasteiger charge is 2.33. The Kier molecular flexibility index (Phi) is 2.47. The first kappa shape index (κ1) is 10.1. The van der Waals surface area contributed by atoms with Gasteiger partial charge in [0.2, 0.25) is 0 Å². The highest BCUT2D eigenvalue weighted by molar-refractivity contribution is 7.92. The minimum atomic E-state index is -3.26. The van der Waals surface area contributed by atoms with Crippen molar-refractivity contribution < 1.29 is 13.2 Å². The van der Waals surface area contributed by atoms with Crippen molar-refractivity contribution in [2.24, 2.45) is 0 Å². The van der Waals surface area contributed by atoms with E-state index in [2.05, 4.69) is 0 Å². The summed E-state index contributed by atoms with van der Waals surface area (Å²) in [7, 11) is -3.26. The average Bonchev–Trinajstić information content (AvgIpc) is 2.14. The Balaban J connectivity index is 2.33. The SMILES string of the molecule is N#Cc1ccc(S(=O)(=O)C2COC2)cc1. The standard InChI is InChI=1S/C10H9NO3S/c11-5-8-1-3-9(4-2-8)15(12,13)10-6-14-7-10/h1-4,10H,6-7H2. The molecule has 0 radical (unpaired) electrons. The smallest absolute Gasteiger partial charge is 0.185 e. The number of nitriles is 1. The van der Waals surface area contributed by atoms with E-state index in [-0.39, 0.29) is 18.1 Å². The molecule has 1 saturated heterocycles. The summed E-state index contributed by atoms with van der Waals surface area (Å²) in [5.74, 6) is 0. The zero-order chi connectivity index (χ0) is 10.9. The third-order valence-corrected chi connectivity index (χ3v) is 4.44. The molecule has 1 heterocycles. The number of benzene rings is 1. The van der Waals surface area contributed by atoms with Crippen LogP contribution in [0.3, 0.4) is 0 Å². The summed E-state index contributed by atoms with van der Waals surface area (Å²) >= 11 is 0. The quantitative estimate of drug-likeness (QED) is 0.741. The lowest BCUT2D eigenvalue weighted by Crippen LogP contribution is -2.40. The summed E-state index contributed by atoms with van der Waals surface area (Å²) in [6, 6.07) is 7.88. The predicted molar refractivity (Wildman–Crippen MR) is 52.9 cm³/mol. The highest BCUT2D eigenvalue weighted by Crippen LogP contribution is 2.21. The molecular formula is C10H9NO3S. The zero-order valence-corrected chi connectivity index (χ0v) is 8.70. The molecule has 0 saturated carbocycles. The van der Waals surface area contributed by atoms with Crippen LogP contribution < -0.4 is 0 Å². The molecule has 0 bridgehead atoms. The maximum atomic E-state index is 11.9. The molecule has 1 aromatic carbocycles. The van der Waals surface area contributed by atoms with Crippen molar-refractivity contribution in [3.63, 3.8) is 0 Å². The van der Waals surface area contributed by atoms with E-state index in [4.69, 9.17) is 10.00 Å². The summed E-state index contributed by atoms with van der Waals surface area (Å²) in [5.41, 5.74) is 0.457. The Morgan fingerprint density at radius 2 is 1.87 bits per heavy atom. The van der Waals surface area contributed by atoms with Gasteiger partial charge in [-0.15, -0.1) is 0 Å². The molecule has 1 aromatic rings. The fourth-order valence-corrected chi connectivity index (χ4v) is 2.76. The van der Waals surface area contributed by atoms with E-state index >= 15 is 0 Å². The molecule has 0 aliphatic carbocycles. The molecule has 5 heteroatoms. The first-order chi connectivity index (χ1) is 7.14. The topological polar surface area (TPSA) is 67.2 Å². The van der Waals surface area contributed by atoms with E-state index in [1.807, 2.05) is 6.07 Å². The van der Waals surface area contributed by atoms with E-state index in [1.165, 1.54) is 24.3 Å². The van der Waals surface area contributed by atoms with E-state index in [0.717, 1.165) is 0 Å². The van der Waals surface area contributed by atoms with Crippen LogP contribution in [0.1, 0.15) is 5.56 Å². The van der Waals surface area contributed by atoms with Gasteiger partial charge in [0.15, 0.2) is 9.84 Å².